The van der Waals surface area contributed by atoms with Gasteiger partial charge in [0.1, 0.15) is 5.69 Å². The fourth-order valence-electron chi connectivity index (χ4n) is 3.81. The number of amides is 2. The minimum absolute atomic E-state index is 0.152. The predicted octanol–water partition coefficient (Wildman–Crippen LogP) is 2.99. The Labute approximate surface area is 189 Å². The lowest BCUT2D eigenvalue weighted by Gasteiger charge is -2.37. The second kappa shape index (κ2) is 9.05. The molecule has 1 aliphatic heterocycles. The number of fused-ring (bicyclic) bond motifs is 1. The van der Waals surface area contributed by atoms with Crippen molar-refractivity contribution < 1.29 is 23.5 Å². The van der Waals surface area contributed by atoms with E-state index in [-0.39, 0.29) is 17.5 Å². The van der Waals surface area contributed by atoms with Gasteiger partial charge in [-0.15, -0.1) is 0 Å². The minimum Gasteiger partial charge on any atom is -0.464 e. The van der Waals surface area contributed by atoms with Crippen LogP contribution in [0.2, 0.25) is 5.02 Å². The fraction of sp³-hybridized carbons (Fsp3) is 0.318. The first-order chi connectivity index (χ1) is 15.4. The number of furan rings is 1. The van der Waals surface area contributed by atoms with Gasteiger partial charge in [0.05, 0.1) is 25.1 Å². The van der Waals surface area contributed by atoms with Crippen molar-refractivity contribution in [2.75, 3.05) is 38.6 Å². The average Bonchev–Trinajstić information content (AvgIpc) is 3.46. The molecule has 0 saturated carbocycles. The monoisotopic (exact) mass is 458 g/mol. The Morgan fingerprint density at radius 1 is 1.19 bits per heavy atom. The van der Waals surface area contributed by atoms with E-state index >= 15 is 0 Å². The van der Waals surface area contributed by atoms with E-state index in [1.54, 1.807) is 42.2 Å². The number of carbonyl (C=O) groups is 3. The fourth-order valence-corrected chi connectivity index (χ4v) is 3.98. The van der Waals surface area contributed by atoms with Crippen molar-refractivity contribution >= 4 is 46.0 Å². The molecule has 9 nitrogen and oxygen atoms in total. The number of hydrogen-bond donors (Lipinski definition) is 2. The molecule has 2 amide bonds. The largest absolute Gasteiger partial charge is 0.464 e. The van der Waals surface area contributed by atoms with Gasteiger partial charge in [-0.3, -0.25) is 14.5 Å². The number of piperazine rings is 1. The van der Waals surface area contributed by atoms with Gasteiger partial charge in [0.2, 0.25) is 5.91 Å². The zero-order chi connectivity index (χ0) is 22.8. The number of benzene rings is 1. The van der Waals surface area contributed by atoms with Crippen molar-refractivity contribution in [3.63, 3.8) is 0 Å². The molecule has 2 N–H and O–H groups in total. The molecule has 0 bridgehead atoms. The number of nitrogens with one attached hydrogen (secondary N) is 2. The molecule has 10 heteroatoms. The van der Waals surface area contributed by atoms with Crippen molar-refractivity contribution in [1.82, 2.24) is 14.8 Å². The Balaban J connectivity index is 1.46. The molecule has 1 saturated heterocycles. The van der Waals surface area contributed by atoms with E-state index in [1.165, 1.54) is 13.4 Å². The van der Waals surface area contributed by atoms with Gasteiger partial charge >= 0.3 is 5.97 Å². The van der Waals surface area contributed by atoms with Gasteiger partial charge < -0.3 is 24.4 Å². The summed E-state index contributed by atoms with van der Waals surface area (Å²) in [4.78, 5) is 44.4. The van der Waals surface area contributed by atoms with E-state index in [2.05, 4.69) is 10.3 Å². The van der Waals surface area contributed by atoms with Crippen LogP contribution in [-0.4, -0.2) is 71.9 Å². The molecule has 1 fully saturated rings. The first-order valence-corrected chi connectivity index (χ1v) is 10.5. The molecule has 32 heavy (non-hydrogen) atoms. The lowest BCUT2D eigenvalue weighted by atomic mass is 10.1. The van der Waals surface area contributed by atoms with Crippen LogP contribution in [0.25, 0.3) is 10.9 Å². The molecule has 0 aliphatic carbocycles. The molecule has 0 radical (unpaired) electrons. The first-order valence-electron chi connectivity index (χ1n) is 10.2. The number of aromatic nitrogens is 1. The Morgan fingerprint density at radius 2 is 1.94 bits per heavy atom. The minimum atomic E-state index is -0.592. The molecule has 1 unspecified atom stereocenters. The van der Waals surface area contributed by atoms with E-state index < -0.39 is 12.0 Å². The topological polar surface area (TPSA) is 108 Å². The third-order valence-electron chi connectivity index (χ3n) is 5.66. The standard InChI is InChI=1S/C22H23ClN4O5/c1-13(26-7-9-27(10-8-26)21(29)17-4-3-11-32-17)20(28)25-18-15-12-14(23)5-6-16(15)24-19(18)22(30)31-2/h3-6,11-13,24H,7-10H2,1-2H3,(H,25,28). The van der Waals surface area contributed by atoms with Crippen LogP contribution in [0.4, 0.5) is 5.69 Å². The van der Waals surface area contributed by atoms with Gasteiger partial charge in [0, 0.05) is 42.1 Å². The van der Waals surface area contributed by atoms with Gasteiger partial charge in [-0.25, -0.2) is 4.79 Å². The van der Waals surface area contributed by atoms with Gasteiger partial charge in [-0.05, 0) is 37.3 Å². The maximum absolute atomic E-state index is 13.1. The smallest absolute Gasteiger partial charge is 0.356 e. The summed E-state index contributed by atoms with van der Waals surface area (Å²) < 4.78 is 10.0. The third kappa shape index (κ3) is 4.21. The number of methoxy groups -OCH3 is 1. The average molecular weight is 459 g/mol. The van der Waals surface area contributed by atoms with E-state index in [9.17, 15) is 14.4 Å². The van der Waals surface area contributed by atoms with E-state index in [1.807, 2.05) is 4.90 Å². The molecule has 3 heterocycles. The highest BCUT2D eigenvalue weighted by Crippen LogP contribution is 2.31. The van der Waals surface area contributed by atoms with Crippen molar-refractivity contribution in [1.29, 1.82) is 0 Å². The van der Waals surface area contributed by atoms with Crippen LogP contribution in [-0.2, 0) is 9.53 Å². The molecule has 1 atom stereocenters. The summed E-state index contributed by atoms with van der Waals surface area (Å²) in [5, 5.41) is 3.96. The molecular weight excluding hydrogens is 436 g/mol. The number of nitrogens with zero attached hydrogens (tertiary/aromatic N) is 2. The van der Waals surface area contributed by atoms with Gasteiger partial charge in [0.25, 0.3) is 5.91 Å². The molecule has 4 rings (SSSR count). The number of esters is 1. The summed E-state index contributed by atoms with van der Waals surface area (Å²) in [7, 11) is 1.28. The molecule has 3 aromatic rings. The summed E-state index contributed by atoms with van der Waals surface area (Å²) in [6.07, 6.45) is 1.47. The van der Waals surface area contributed by atoms with Crippen LogP contribution >= 0.6 is 11.6 Å². The SMILES string of the molecule is COC(=O)c1[nH]c2ccc(Cl)cc2c1NC(=O)C(C)N1CCN(C(=O)c2ccco2)CC1. The number of halogens is 1. The third-order valence-corrected chi connectivity index (χ3v) is 5.89. The Hall–Kier alpha value is -3.30. The summed E-state index contributed by atoms with van der Waals surface area (Å²) in [5.41, 5.74) is 1.14. The first kappa shape index (κ1) is 21.9. The number of H-pyrrole nitrogens is 1. The highest BCUT2D eigenvalue weighted by molar-refractivity contribution is 6.31. The van der Waals surface area contributed by atoms with Crippen LogP contribution in [0.1, 0.15) is 28.0 Å². The summed E-state index contributed by atoms with van der Waals surface area (Å²) >= 11 is 6.12. The lowest BCUT2D eigenvalue weighted by molar-refractivity contribution is -0.121. The molecule has 0 spiro atoms. The van der Waals surface area contributed by atoms with Crippen LogP contribution in [0.15, 0.2) is 41.0 Å². The number of rotatable bonds is 5. The van der Waals surface area contributed by atoms with Gasteiger partial charge in [-0.2, -0.15) is 0 Å². The molecule has 168 valence electrons. The quantitative estimate of drug-likeness (QED) is 0.569. The van der Waals surface area contributed by atoms with Crippen molar-refractivity contribution in [2.45, 2.75) is 13.0 Å². The maximum atomic E-state index is 13.1. The maximum Gasteiger partial charge on any atom is 0.356 e. The Morgan fingerprint density at radius 3 is 2.59 bits per heavy atom. The zero-order valence-corrected chi connectivity index (χ0v) is 18.4. The van der Waals surface area contributed by atoms with E-state index in [4.69, 9.17) is 20.8 Å². The summed E-state index contributed by atoms with van der Waals surface area (Å²) in [6, 6.07) is 7.94. The van der Waals surface area contributed by atoms with Crippen LogP contribution in [0, 0.1) is 0 Å². The van der Waals surface area contributed by atoms with Crippen LogP contribution < -0.4 is 5.32 Å². The molecule has 1 aromatic carbocycles. The number of carbonyl (C=O) groups excluding carboxylic acids is 3. The molecule has 2 aromatic heterocycles. The highest BCUT2D eigenvalue weighted by Gasteiger charge is 2.30. The highest BCUT2D eigenvalue weighted by atomic mass is 35.5. The van der Waals surface area contributed by atoms with Crippen molar-refractivity contribution in [3.05, 3.63) is 53.1 Å². The molecule has 1 aliphatic rings. The normalized spacial score (nSPS) is 15.5. The van der Waals surface area contributed by atoms with E-state index in [0.717, 1.165) is 0 Å². The second-order valence-electron chi connectivity index (χ2n) is 7.53. The van der Waals surface area contributed by atoms with Crippen molar-refractivity contribution in [2.24, 2.45) is 0 Å². The number of ether oxygens (including phenoxy) is 1. The predicted molar refractivity (Wildman–Crippen MR) is 119 cm³/mol. The van der Waals surface area contributed by atoms with Crippen LogP contribution in [0.3, 0.4) is 0 Å². The summed E-state index contributed by atoms with van der Waals surface area (Å²) in [6.45, 7) is 3.81. The number of hydrogen-bond acceptors (Lipinski definition) is 6. The lowest BCUT2D eigenvalue weighted by Crippen LogP contribution is -2.54. The Kier molecular flexibility index (Phi) is 6.20. The zero-order valence-electron chi connectivity index (χ0n) is 17.7. The number of aromatic amines is 1. The van der Waals surface area contributed by atoms with Crippen LogP contribution in [0.5, 0.6) is 0 Å². The van der Waals surface area contributed by atoms with Crippen molar-refractivity contribution in [3.8, 4) is 0 Å². The van der Waals surface area contributed by atoms with Gasteiger partial charge in [-0.1, -0.05) is 11.6 Å². The van der Waals surface area contributed by atoms with Gasteiger partial charge in [0.15, 0.2) is 5.76 Å². The second-order valence-corrected chi connectivity index (χ2v) is 7.96. The molecular formula is C22H23ClN4O5. The van der Waals surface area contributed by atoms with E-state index in [0.29, 0.717) is 53.6 Å². The summed E-state index contributed by atoms with van der Waals surface area (Å²) in [5.74, 6) is -0.727. The Bertz CT molecular complexity index is 1150. The number of anilines is 1.